The minimum absolute atomic E-state index is 0.400. The van der Waals surface area contributed by atoms with Gasteiger partial charge < -0.3 is 9.47 Å². The highest BCUT2D eigenvalue weighted by Crippen LogP contribution is 2.09. The molecule has 60 valence electrons. The van der Waals surface area contributed by atoms with Crippen LogP contribution in [-0.2, 0) is 9.47 Å². The van der Waals surface area contributed by atoms with Crippen molar-refractivity contribution in [2.24, 2.45) is 0 Å². The van der Waals surface area contributed by atoms with Crippen molar-refractivity contribution in [2.75, 3.05) is 25.0 Å². The zero-order valence-electron chi connectivity index (χ0n) is 5.56. The highest BCUT2D eigenvalue weighted by atomic mass is 35.5. The van der Waals surface area contributed by atoms with Gasteiger partial charge in [0.25, 0.3) is 0 Å². The van der Waals surface area contributed by atoms with E-state index in [4.69, 9.17) is 32.7 Å². The van der Waals surface area contributed by atoms with Crippen molar-refractivity contribution in [3.8, 4) is 0 Å². The smallest absolute Gasteiger partial charge is 0.0944 e. The van der Waals surface area contributed by atoms with E-state index in [1.165, 1.54) is 0 Å². The Kier molecular flexibility index (Phi) is 3.78. The predicted octanol–water partition coefficient (Wildman–Crippen LogP) is 1.25. The maximum absolute atomic E-state index is 5.27. The number of hydrogen-bond donors (Lipinski definition) is 0. The van der Waals surface area contributed by atoms with E-state index in [1.54, 1.807) is 0 Å². The quantitative estimate of drug-likeness (QED) is 0.477. The Morgan fingerprint density at radius 1 is 1.00 bits per heavy atom. The second-order valence-corrected chi connectivity index (χ2v) is 2.84. The molecule has 0 aromatic carbocycles. The van der Waals surface area contributed by atoms with E-state index in [1.807, 2.05) is 0 Å². The average molecular weight is 185 g/mol. The Hall–Kier alpha value is 0.500. The third-order valence-corrected chi connectivity index (χ3v) is 1.84. The summed E-state index contributed by atoms with van der Waals surface area (Å²) in [4.78, 5) is 0. The maximum Gasteiger partial charge on any atom is 0.0944 e. The van der Waals surface area contributed by atoms with Crippen molar-refractivity contribution in [1.82, 2.24) is 0 Å². The van der Waals surface area contributed by atoms with Crippen molar-refractivity contribution < 1.29 is 9.47 Å². The van der Waals surface area contributed by atoms with Crippen molar-refractivity contribution >= 4 is 23.2 Å². The van der Waals surface area contributed by atoms with E-state index in [0.717, 1.165) is 13.2 Å². The van der Waals surface area contributed by atoms with Gasteiger partial charge in [0.05, 0.1) is 37.2 Å². The molecule has 2 heterocycles. The van der Waals surface area contributed by atoms with Gasteiger partial charge in [0.2, 0.25) is 0 Å². The second kappa shape index (κ2) is 4.39. The van der Waals surface area contributed by atoms with Gasteiger partial charge in [-0.3, -0.25) is 0 Å². The normalized spacial score (nSPS) is 34.2. The molecule has 0 aromatic rings. The Balaban J connectivity index is 0.0000001000. The Bertz CT molecular complexity index is 79.7. The van der Waals surface area contributed by atoms with Crippen LogP contribution in [0.2, 0.25) is 0 Å². The summed E-state index contributed by atoms with van der Waals surface area (Å²) in [5.41, 5.74) is 0. The van der Waals surface area contributed by atoms with Crippen LogP contribution < -0.4 is 0 Å². The molecule has 10 heavy (non-hydrogen) atoms. The number of ether oxygens (including phenoxy) is 2. The number of alkyl halides is 2. The minimum atomic E-state index is 0.400. The van der Waals surface area contributed by atoms with E-state index in [2.05, 4.69) is 0 Å². The average Bonchev–Trinajstić information content (AvgIpc) is 2.86. The van der Waals surface area contributed by atoms with Crippen molar-refractivity contribution in [3.63, 3.8) is 0 Å². The molecule has 0 bridgehead atoms. The number of rotatable bonds is 2. The summed E-state index contributed by atoms with van der Waals surface area (Å²) in [6.45, 7) is 1.76. The summed E-state index contributed by atoms with van der Waals surface area (Å²) in [7, 11) is 0. The van der Waals surface area contributed by atoms with Gasteiger partial charge in [-0.05, 0) is 0 Å². The van der Waals surface area contributed by atoms with Crippen LogP contribution in [0.25, 0.3) is 0 Å². The maximum atomic E-state index is 5.27. The van der Waals surface area contributed by atoms with E-state index >= 15 is 0 Å². The molecule has 0 amide bonds. The van der Waals surface area contributed by atoms with Crippen LogP contribution in [0.1, 0.15) is 0 Å². The molecule has 4 heteroatoms. The lowest BCUT2D eigenvalue weighted by Gasteiger charge is -1.67. The Morgan fingerprint density at radius 3 is 1.30 bits per heavy atom. The molecule has 0 aliphatic carbocycles. The van der Waals surface area contributed by atoms with E-state index in [-0.39, 0.29) is 0 Å². The summed E-state index contributed by atoms with van der Waals surface area (Å²) in [6, 6.07) is 0. The summed E-state index contributed by atoms with van der Waals surface area (Å²) in [5, 5.41) is 0. The van der Waals surface area contributed by atoms with Crippen molar-refractivity contribution in [3.05, 3.63) is 0 Å². The SMILES string of the molecule is ClC[C@@H]1CO1.ClC[C@@H]1CO1. The molecular weight excluding hydrogens is 175 g/mol. The fourth-order valence-electron chi connectivity index (χ4n) is 0.314. The van der Waals surface area contributed by atoms with Crippen LogP contribution in [0.4, 0.5) is 0 Å². The van der Waals surface area contributed by atoms with Gasteiger partial charge in [0.15, 0.2) is 0 Å². The van der Waals surface area contributed by atoms with E-state index in [0.29, 0.717) is 24.0 Å². The molecule has 2 saturated heterocycles. The summed E-state index contributed by atoms with van der Waals surface area (Å²) >= 11 is 10.5. The lowest BCUT2D eigenvalue weighted by Crippen LogP contribution is -1.80. The molecule has 0 spiro atoms. The van der Waals surface area contributed by atoms with Crippen molar-refractivity contribution in [2.45, 2.75) is 12.2 Å². The van der Waals surface area contributed by atoms with Crippen LogP contribution in [0, 0.1) is 0 Å². The highest BCUT2D eigenvalue weighted by molar-refractivity contribution is 6.18. The third-order valence-electron chi connectivity index (χ3n) is 1.15. The summed E-state index contributed by atoms with van der Waals surface area (Å²) in [5.74, 6) is 1.33. The Morgan fingerprint density at radius 2 is 1.30 bits per heavy atom. The molecule has 2 nitrogen and oxygen atoms in total. The van der Waals surface area contributed by atoms with Crippen LogP contribution in [0.15, 0.2) is 0 Å². The number of hydrogen-bond acceptors (Lipinski definition) is 2. The monoisotopic (exact) mass is 184 g/mol. The van der Waals surface area contributed by atoms with Gasteiger partial charge in [-0.1, -0.05) is 0 Å². The van der Waals surface area contributed by atoms with Crippen LogP contribution >= 0.6 is 23.2 Å². The molecular formula is C6H10Cl2O2. The molecule has 2 rings (SSSR count). The van der Waals surface area contributed by atoms with E-state index < -0.39 is 0 Å². The third kappa shape index (κ3) is 4.34. The Labute approximate surface area is 70.4 Å². The molecule has 2 aliphatic rings. The van der Waals surface area contributed by atoms with Gasteiger partial charge in [-0.2, -0.15) is 0 Å². The number of epoxide rings is 2. The predicted molar refractivity (Wildman–Crippen MR) is 40.9 cm³/mol. The van der Waals surface area contributed by atoms with Gasteiger partial charge in [0.1, 0.15) is 0 Å². The largest absolute Gasteiger partial charge is 0.372 e. The summed E-state index contributed by atoms with van der Waals surface area (Å²) in [6.07, 6.45) is 0.799. The van der Waals surface area contributed by atoms with Crippen LogP contribution in [0.5, 0.6) is 0 Å². The fraction of sp³-hybridized carbons (Fsp3) is 1.00. The molecule has 0 aromatic heterocycles. The molecule has 0 N–H and O–H groups in total. The number of halogens is 2. The summed E-state index contributed by atoms with van der Waals surface area (Å²) < 4.78 is 9.45. The van der Waals surface area contributed by atoms with Crippen molar-refractivity contribution in [1.29, 1.82) is 0 Å². The first kappa shape index (κ1) is 8.60. The standard InChI is InChI=1S/2C3H5ClO/c2*4-1-3-2-5-3/h2*3H,1-2H2/t2*3-/m11/s1. The molecule has 0 radical (unpaired) electrons. The molecule has 0 saturated carbocycles. The molecule has 2 aliphatic heterocycles. The zero-order valence-corrected chi connectivity index (χ0v) is 7.07. The zero-order chi connectivity index (χ0) is 7.40. The van der Waals surface area contributed by atoms with Crippen LogP contribution in [0.3, 0.4) is 0 Å². The van der Waals surface area contributed by atoms with Gasteiger partial charge in [-0.25, -0.2) is 0 Å². The first-order valence-electron chi connectivity index (χ1n) is 3.22. The second-order valence-electron chi connectivity index (χ2n) is 2.22. The van der Waals surface area contributed by atoms with Gasteiger partial charge >= 0.3 is 0 Å². The van der Waals surface area contributed by atoms with E-state index in [9.17, 15) is 0 Å². The molecule has 2 atom stereocenters. The first-order valence-corrected chi connectivity index (χ1v) is 4.29. The first-order chi connectivity index (χ1) is 4.86. The minimum Gasteiger partial charge on any atom is -0.372 e. The molecule has 2 fully saturated rings. The lowest BCUT2D eigenvalue weighted by molar-refractivity contribution is 0.425. The van der Waals surface area contributed by atoms with Crippen LogP contribution in [-0.4, -0.2) is 37.2 Å². The fourth-order valence-corrected chi connectivity index (χ4v) is 0.671. The topological polar surface area (TPSA) is 25.1 Å². The van der Waals surface area contributed by atoms with Gasteiger partial charge in [-0.15, -0.1) is 23.2 Å². The molecule has 0 unspecified atom stereocenters. The lowest BCUT2D eigenvalue weighted by atomic mass is 10.6. The van der Waals surface area contributed by atoms with Gasteiger partial charge in [0, 0.05) is 0 Å². The highest BCUT2D eigenvalue weighted by Gasteiger charge is 2.20.